The Bertz CT molecular complexity index is 1600. The lowest BCUT2D eigenvalue weighted by molar-refractivity contribution is 0.212. The Hall–Kier alpha value is -4.40. The van der Waals surface area contributed by atoms with Gasteiger partial charge in [-0.3, -0.25) is 9.30 Å². The highest BCUT2D eigenvalue weighted by Crippen LogP contribution is 2.36. The van der Waals surface area contributed by atoms with Crippen LogP contribution < -0.4 is 4.90 Å². The minimum atomic E-state index is 0.212. The molecule has 2 aromatic heterocycles. The van der Waals surface area contributed by atoms with Crippen LogP contribution in [0.25, 0.3) is 16.7 Å². The first-order valence-corrected chi connectivity index (χ1v) is 13.2. The number of pyridine rings is 1. The summed E-state index contributed by atoms with van der Waals surface area (Å²) in [5, 5.41) is 10.1. The first-order chi connectivity index (χ1) is 18.7. The van der Waals surface area contributed by atoms with Gasteiger partial charge in [-0.2, -0.15) is 5.26 Å². The summed E-state index contributed by atoms with van der Waals surface area (Å²) in [6.45, 7) is 9.71. The Morgan fingerprint density at radius 2 is 1.50 bits per heavy atom. The van der Waals surface area contributed by atoms with E-state index in [2.05, 4.69) is 101 Å². The quantitative estimate of drug-likeness (QED) is 0.258. The van der Waals surface area contributed by atoms with Crippen molar-refractivity contribution in [1.29, 1.82) is 5.26 Å². The molecule has 0 spiro atoms. The highest BCUT2D eigenvalue weighted by atomic mass is 15.3. The van der Waals surface area contributed by atoms with Crippen molar-refractivity contribution in [3.8, 4) is 6.07 Å². The first-order valence-electron chi connectivity index (χ1n) is 13.2. The lowest BCUT2D eigenvalue weighted by Crippen LogP contribution is -2.48. The number of fused-ring (bicyclic) bond motifs is 3. The summed E-state index contributed by atoms with van der Waals surface area (Å²) in [5.41, 5.74) is 8.12. The van der Waals surface area contributed by atoms with Gasteiger partial charge < -0.3 is 4.90 Å². The number of para-hydroxylation sites is 2. The normalized spacial score (nSPS) is 14.3. The van der Waals surface area contributed by atoms with Crippen molar-refractivity contribution < 1.29 is 0 Å². The predicted octanol–water partition coefficient (Wildman–Crippen LogP) is 6.31. The van der Waals surface area contributed by atoms with Crippen molar-refractivity contribution >= 4 is 22.5 Å². The van der Waals surface area contributed by atoms with Crippen LogP contribution >= 0.6 is 0 Å². The molecule has 0 aliphatic carbocycles. The van der Waals surface area contributed by atoms with E-state index in [1.807, 2.05) is 24.3 Å². The molecule has 0 N–H and O–H groups in total. The van der Waals surface area contributed by atoms with Crippen LogP contribution in [-0.2, 0) is 6.42 Å². The van der Waals surface area contributed by atoms with Crippen LogP contribution in [0, 0.1) is 18.3 Å². The third-order valence-electron chi connectivity index (χ3n) is 7.76. The minimum Gasteiger partial charge on any atom is -0.355 e. The molecule has 6 rings (SSSR count). The maximum Gasteiger partial charge on any atom is 0.157 e. The van der Waals surface area contributed by atoms with Gasteiger partial charge in [-0.05, 0) is 42.2 Å². The van der Waals surface area contributed by atoms with E-state index >= 15 is 0 Å². The second-order valence-corrected chi connectivity index (χ2v) is 9.91. The Morgan fingerprint density at radius 1 is 0.895 bits per heavy atom. The molecule has 0 saturated carbocycles. The lowest BCUT2D eigenvalue weighted by Gasteiger charge is -2.41. The van der Waals surface area contributed by atoms with E-state index in [1.165, 1.54) is 11.1 Å². The van der Waals surface area contributed by atoms with E-state index in [4.69, 9.17) is 4.98 Å². The average Bonchev–Trinajstić information content (AvgIpc) is 3.34. The maximum atomic E-state index is 10.1. The topological polar surface area (TPSA) is 47.6 Å². The molecule has 38 heavy (non-hydrogen) atoms. The number of imidazole rings is 1. The molecule has 1 aliphatic heterocycles. The monoisotopic (exact) mass is 497 g/mol. The van der Waals surface area contributed by atoms with Crippen LogP contribution in [0.1, 0.15) is 33.9 Å². The van der Waals surface area contributed by atoms with Crippen molar-refractivity contribution in [2.75, 3.05) is 31.1 Å². The number of allylic oxidation sites excluding steroid dienone is 1. The molecule has 5 nitrogen and oxygen atoms in total. The molecule has 0 unspecified atom stereocenters. The molecule has 3 aromatic carbocycles. The summed E-state index contributed by atoms with van der Waals surface area (Å²) in [6, 6.07) is 32.4. The standard InChI is InChI=1S/C33H31N5/c1-3-12-27-24(2)28(23-34)32-35-29-17-10-11-18-30(29)38(32)33(27)37-21-19-36(20-22-37)31(25-13-6-4-7-14-25)26-15-8-5-9-16-26/h3-11,13-18,31H,1,12,19-22H2,2H3. The number of hydrogen-bond acceptors (Lipinski definition) is 4. The van der Waals surface area contributed by atoms with E-state index in [9.17, 15) is 5.26 Å². The molecule has 0 radical (unpaired) electrons. The zero-order chi connectivity index (χ0) is 26.1. The van der Waals surface area contributed by atoms with Gasteiger partial charge in [0.05, 0.1) is 22.6 Å². The second-order valence-electron chi connectivity index (χ2n) is 9.91. The van der Waals surface area contributed by atoms with Crippen LogP contribution in [0.5, 0.6) is 0 Å². The van der Waals surface area contributed by atoms with Crippen LogP contribution in [-0.4, -0.2) is 40.5 Å². The van der Waals surface area contributed by atoms with E-state index < -0.39 is 0 Å². The number of hydrogen-bond donors (Lipinski definition) is 0. The molecule has 0 bridgehead atoms. The van der Waals surface area contributed by atoms with Gasteiger partial charge in [0.2, 0.25) is 0 Å². The fraction of sp³-hybridized carbons (Fsp3) is 0.212. The number of aromatic nitrogens is 2. The molecule has 0 atom stereocenters. The van der Waals surface area contributed by atoms with Crippen molar-refractivity contribution in [1.82, 2.24) is 14.3 Å². The Morgan fingerprint density at radius 3 is 2.11 bits per heavy atom. The first kappa shape index (κ1) is 24.0. The van der Waals surface area contributed by atoms with Crippen molar-refractivity contribution in [3.05, 3.63) is 125 Å². The fourth-order valence-corrected chi connectivity index (χ4v) is 5.96. The average molecular weight is 498 g/mol. The summed E-state index contributed by atoms with van der Waals surface area (Å²) >= 11 is 0. The van der Waals surface area contributed by atoms with Gasteiger partial charge in [0.25, 0.3) is 0 Å². The van der Waals surface area contributed by atoms with Gasteiger partial charge in [-0.25, -0.2) is 4.98 Å². The molecule has 5 heteroatoms. The number of nitriles is 1. The molecule has 1 aliphatic rings. The van der Waals surface area contributed by atoms with Gasteiger partial charge in [-0.15, -0.1) is 6.58 Å². The van der Waals surface area contributed by atoms with Crippen LogP contribution in [0.4, 0.5) is 5.82 Å². The van der Waals surface area contributed by atoms with Crippen LogP contribution in [0.3, 0.4) is 0 Å². The third kappa shape index (κ3) is 4.04. The maximum absolute atomic E-state index is 10.1. The molecule has 188 valence electrons. The second kappa shape index (κ2) is 10.2. The van der Waals surface area contributed by atoms with Gasteiger partial charge in [0, 0.05) is 31.7 Å². The van der Waals surface area contributed by atoms with Crippen LogP contribution in [0.2, 0.25) is 0 Å². The summed E-state index contributed by atoms with van der Waals surface area (Å²) in [5.74, 6) is 1.14. The van der Waals surface area contributed by atoms with E-state index in [-0.39, 0.29) is 6.04 Å². The minimum absolute atomic E-state index is 0.212. The molecular weight excluding hydrogens is 466 g/mol. The molecule has 3 heterocycles. The Labute approximate surface area is 223 Å². The predicted molar refractivity (Wildman–Crippen MR) is 155 cm³/mol. The van der Waals surface area contributed by atoms with Gasteiger partial charge in [-0.1, -0.05) is 78.9 Å². The molecule has 1 saturated heterocycles. The summed E-state index contributed by atoms with van der Waals surface area (Å²) in [7, 11) is 0. The molecule has 5 aromatic rings. The molecular formula is C33H31N5. The Balaban J connectivity index is 1.42. The number of anilines is 1. The highest BCUT2D eigenvalue weighted by Gasteiger charge is 2.30. The van der Waals surface area contributed by atoms with Gasteiger partial charge >= 0.3 is 0 Å². The molecule has 1 fully saturated rings. The largest absolute Gasteiger partial charge is 0.355 e. The fourth-order valence-electron chi connectivity index (χ4n) is 5.96. The number of rotatable bonds is 6. The van der Waals surface area contributed by atoms with E-state index in [0.29, 0.717) is 12.0 Å². The highest BCUT2D eigenvalue weighted by molar-refractivity contribution is 5.86. The smallest absolute Gasteiger partial charge is 0.157 e. The summed E-state index contributed by atoms with van der Waals surface area (Å²) in [4.78, 5) is 9.98. The number of nitrogens with zero attached hydrogens (tertiary/aromatic N) is 5. The van der Waals surface area contributed by atoms with E-state index in [0.717, 1.165) is 59.8 Å². The molecule has 0 amide bonds. The van der Waals surface area contributed by atoms with Crippen LogP contribution in [0.15, 0.2) is 97.6 Å². The Kier molecular flexibility index (Phi) is 6.41. The number of piperazine rings is 1. The summed E-state index contributed by atoms with van der Waals surface area (Å²) < 4.78 is 2.21. The summed E-state index contributed by atoms with van der Waals surface area (Å²) in [6.07, 6.45) is 2.64. The third-order valence-corrected chi connectivity index (χ3v) is 7.76. The zero-order valence-electron chi connectivity index (χ0n) is 21.7. The SMILES string of the molecule is C=CCc1c(C)c(C#N)c2nc3ccccc3n2c1N1CCN(C(c2ccccc2)c2ccccc2)CC1. The van der Waals surface area contributed by atoms with Gasteiger partial charge in [0.15, 0.2) is 5.65 Å². The number of benzene rings is 3. The van der Waals surface area contributed by atoms with Crippen molar-refractivity contribution in [3.63, 3.8) is 0 Å². The van der Waals surface area contributed by atoms with Crippen molar-refractivity contribution in [2.24, 2.45) is 0 Å². The lowest BCUT2D eigenvalue weighted by atomic mass is 9.96. The van der Waals surface area contributed by atoms with Crippen molar-refractivity contribution in [2.45, 2.75) is 19.4 Å². The zero-order valence-corrected chi connectivity index (χ0v) is 21.7. The van der Waals surface area contributed by atoms with Gasteiger partial charge in [0.1, 0.15) is 11.9 Å². The van der Waals surface area contributed by atoms with E-state index in [1.54, 1.807) is 0 Å².